The van der Waals surface area contributed by atoms with Crippen LogP contribution in [0.2, 0.25) is 5.02 Å². The first-order valence-corrected chi connectivity index (χ1v) is 8.53. The zero-order valence-corrected chi connectivity index (χ0v) is 14.0. The second kappa shape index (κ2) is 6.42. The van der Waals surface area contributed by atoms with Crippen LogP contribution in [0.4, 0.5) is 0 Å². The highest BCUT2D eigenvalue weighted by molar-refractivity contribution is 8.02. The lowest BCUT2D eigenvalue weighted by atomic mass is 9.95. The summed E-state index contributed by atoms with van der Waals surface area (Å²) >= 11 is 12.7. The lowest BCUT2D eigenvalue weighted by molar-refractivity contribution is 0.0719. The fraction of sp³-hybridized carbons (Fsp3) is 0.429. The minimum atomic E-state index is -0.210. The highest BCUT2D eigenvalue weighted by Crippen LogP contribution is 2.35. The molecule has 7 heteroatoms. The van der Waals surface area contributed by atoms with E-state index in [0.717, 1.165) is 12.8 Å². The molecule has 0 aliphatic carbocycles. The predicted molar refractivity (Wildman–Crippen MR) is 91.3 cm³/mol. The lowest BCUT2D eigenvalue weighted by Crippen LogP contribution is -2.50. The molecule has 0 bridgehead atoms. The Morgan fingerprint density at radius 2 is 2.10 bits per heavy atom. The minimum Gasteiger partial charge on any atom is -0.506 e. The average molecular weight is 345 g/mol. The fourth-order valence-corrected chi connectivity index (χ4v) is 3.87. The zero-order valence-electron chi connectivity index (χ0n) is 11.6. The van der Waals surface area contributed by atoms with Crippen molar-refractivity contribution < 1.29 is 9.90 Å². The van der Waals surface area contributed by atoms with Gasteiger partial charge < -0.3 is 15.7 Å². The molecule has 1 aliphatic heterocycles. The van der Waals surface area contributed by atoms with Crippen molar-refractivity contribution >= 4 is 46.5 Å². The number of hydrogen-bond acceptors (Lipinski definition) is 4. The molecule has 0 spiro atoms. The van der Waals surface area contributed by atoms with Crippen LogP contribution in [0, 0.1) is 0 Å². The molecule has 1 aliphatic rings. The van der Waals surface area contributed by atoms with Gasteiger partial charge in [-0.1, -0.05) is 23.8 Å². The highest BCUT2D eigenvalue weighted by Gasteiger charge is 2.38. The molecule has 0 saturated carbocycles. The van der Waals surface area contributed by atoms with Gasteiger partial charge in [0.25, 0.3) is 5.91 Å². The second-order valence-corrected chi connectivity index (χ2v) is 7.06. The van der Waals surface area contributed by atoms with E-state index in [2.05, 4.69) is 0 Å². The first-order valence-electron chi connectivity index (χ1n) is 6.52. The van der Waals surface area contributed by atoms with E-state index in [1.165, 1.54) is 12.1 Å². The first-order chi connectivity index (χ1) is 9.89. The van der Waals surface area contributed by atoms with Gasteiger partial charge in [-0.2, -0.15) is 11.8 Å². The summed E-state index contributed by atoms with van der Waals surface area (Å²) in [6, 6.07) is 4.50. The van der Waals surface area contributed by atoms with Gasteiger partial charge in [-0.25, -0.2) is 0 Å². The van der Waals surface area contributed by atoms with Gasteiger partial charge >= 0.3 is 0 Å². The van der Waals surface area contributed by atoms with Crippen LogP contribution in [-0.2, 0) is 0 Å². The van der Waals surface area contributed by atoms with E-state index >= 15 is 0 Å². The summed E-state index contributed by atoms with van der Waals surface area (Å²) in [6.45, 7) is 1.21. The highest BCUT2D eigenvalue weighted by atomic mass is 35.5. The molecule has 2 rings (SSSR count). The number of phenolic OH excluding ortho intramolecular Hbond substituents is 1. The third-order valence-electron chi connectivity index (χ3n) is 3.89. The molecule has 0 unspecified atom stereocenters. The van der Waals surface area contributed by atoms with Crippen LogP contribution in [0.25, 0.3) is 0 Å². The Labute approximate surface area is 138 Å². The van der Waals surface area contributed by atoms with E-state index in [1.807, 2.05) is 6.26 Å². The smallest absolute Gasteiger partial charge is 0.253 e. The number of nitrogens with zero attached hydrogens (tertiary/aromatic N) is 1. The number of rotatable bonds is 3. The van der Waals surface area contributed by atoms with Crippen molar-refractivity contribution in [2.45, 2.75) is 17.6 Å². The third kappa shape index (κ3) is 3.27. The summed E-state index contributed by atoms with van der Waals surface area (Å²) in [7, 11) is 0. The number of carbonyl (C=O) groups is 1. The molecule has 0 atom stereocenters. The maximum absolute atomic E-state index is 12.4. The standard InChI is InChI=1S/C14H17ClN2O2S2/c1-21-14(13(16)20)4-6-17(7-5-14)12(19)9-2-3-11(18)10(15)8-9/h2-3,8,18H,4-7H2,1H3,(H2,16,20). The van der Waals surface area contributed by atoms with Crippen LogP contribution < -0.4 is 5.73 Å². The average Bonchev–Trinajstić information content (AvgIpc) is 2.49. The number of halogens is 1. The predicted octanol–water partition coefficient (Wildman–Crippen LogP) is 2.67. The second-order valence-electron chi connectivity index (χ2n) is 5.02. The summed E-state index contributed by atoms with van der Waals surface area (Å²) in [6.07, 6.45) is 3.50. The number of carbonyl (C=O) groups excluding carboxylic acids is 1. The Kier molecular flexibility index (Phi) is 5.01. The molecule has 4 nitrogen and oxygen atoms in total. The molecule has 0 radical (unpaired) electrons. The number of thioether (sulfide) groups is 1. The number of aromatic hydroxyl groups is 1. The number of likely N-dealkylation sites (tertiary alicyclic amines) is 1. The Bertz CT molecular complexity index is 572. The van der Waals surface area contributed by atoms with Gasteiger partial charge in [0.05, 0.1) is 14.8 Å². The van der Waals surface area contributed by atoms with Crippen molar-refractivity contribution in [2.75, 3.05) is 19.3 Å². The van der Waals surface area contributed by atoms with Gasteiger partial charge in [-0.05, 0) is 37.3 Å². The maximum Gasteiger partial charge on any atom is 0.253 e. The molecular weight excluding hydrogens is 328 g/mol. The SMILES string of the molecule is CSC1(C(N)=S)CCN(C(=O)c2ccc(O)c(Cl)c2)CC1. The molecule has 0 aromatic heterocycles. The van der Waals surface area contributed by atoms with Gasteiger partial charge in [0, 0.05) is 18.7 Å². The quantitative estimate of drug-likeness (QED) is 0.825. The number of piperidine rings is 1. The van der Waals surface area contributed by atoms with Crippen LogP contribution in [0.3, 0.4) is 0 Å². The van der Waals surface area contributed by atoms with Gasteiger partial charge in [-0.15, -0.1) is 0 Å². The fourth-order valence-electron chi connectivity index (χ4n) is 2.44. The third-order valence-corrected chi connectivity index (χ3v) is 6.13. The van der Waals surface area contributed by atoms with E-state index in [4.69, 9.17) is 29.6 Å². The normalized spacial score (nSPS) is 17.5. The van der Waals surface area contributed by atoms with Gasteiger partial charge in [0.1, 0.15) is 5.75 Å². The Morgan fingerprint density at radius 1 is 1.48 bits per heavy atom. The lowest BCUT2D eigenvalue weighted by Gasteiger charge is -2.40. The molecule has 1 saturated heterocycles. The van der Waals surface area contributed by atoms with Gasteiger partial charge in [-0.3, -0.25) is 4.79 Å². The van der Waals surface area contributed by atoms with Crippen molar-refractivity contribution in [3.8, 4) is 5.75 Å². The monoisotopic (exact) mass is 344 g/mol. The molecule has 3 N–H and O–H groups in total. The molecular formula is C14H17ClN2O2S2. The zero-order chi connectivity index (χ0) is 15.6. The number of phenols is 1. The van der Waals surface area contributed by atoms with Crippen molar-refractivity contribution in [1.29, 1.82) is 0 Å². The van der Waals surface area contributed by atoms with E-state index in [0.29, 0.717) is 23.6 Å². The van der Waals surface area contributed by atoms with E-state index in [9.17, 15) is 9.90 Å². The number of nitrogens with two attached hydrogens (primary N) is 1. The molecule has 1 aromatic rings. The number of benzene rings is 1. The summed E-state index contributed by atoms with van der Waals surface area (Å²) in [5.41, 5.74) is 6.32. The molecule has 1 fully saturated rings. The summed E-state index contributed by atoms with van der Waals surface area (Å²) < 4.78 is -0.210. The molecule has 1 aromatic carbocycles. The van der Waals surface area contributed by atoms with Crippen LogP contribution in [0.15, 0.2) is 18.2 Å². The van der Waals surface area contributed by atoms with Crippen molar-refractivity contribution in [3.05, 3.63) is 28.8 Å². The summed E-state index contributed by atoms with van der Waals surface area (Å²) in [4.78, 5) is 14.7. The van der Waals surface area contributed by atoms with Crippen LogP contribution in [0.1, 0.15) is 23.2 Å². The van der Waals surface area contributed by atoms with Crippen LogP contribution in [0.5, 0.6) is 5.75 Å². The molecule has 1 heterocycles. The van der Waals surface area contributed by atoms with Gasteiger partial charge in [0.2, 0.25) is 0 Å². The molecule has 21 heavy (non-hydrogen) atoms. The number of hydrogen-bond donors (Lipinski definition) is 2. The Balaban J connectivity index is 2.09. The largest absolute Gasteiger partial charge is 0.506 e. The molecule has 114 valence electrons. The van der Waals surface area contributed by atoms with Crippen molar-refractivity contribution in [3.63, 3.8) is 0 Å². The van der Waals surface area contributed by atoms with Crippen molar-refractivity contribution in [1.82, 2.24) is 4.90 Å². The van der Waals surface area contributed by atoms with Crippen molar-refractivity contribution in [2.24, 2.45) is 5.73 Å². The topological polar surface area (TPSA) is 66.6 Å². The Hall–Kier alpha value is -0.980. The summed E-state index contributed by atoms with van der Waals surface area (Å²) in [5.74, 6) is -0.115. The van der Waals surface area contributed by atoms with Crippen LogP contribution in [-0.4, -0.2) is 45.0 Å². The van der Waals surface area contributed by atoms with E-state index in [-0.39, 0.29) is 21.4 Å². The minimum absolute atomic E-state index is 0.0262. The van der Waals surface area contributed by atoms with E-state index in [1.54, 1.807) is 22.7 Å². The van der Waals surface area contributed by atoms with Crippen LogP contribution >= 0.6 is 35.6 Å². The van der Waals surface area contributed by atoms with E-state index < -0.39 is 0 Å². The summed E-state index contributed by atoms with van der Waals surface area (Å²) in [5, 5.41) is 9.59. The number of thiocarbonyl (C=S) groups is 1. The molecule has 1 amide bonds. The maximum atomic E-state index is 12.4. The van der Waals surface area contributed by atoms with Gasteiger partial charge in [0.15, 0.2) is 0 Å². The first kappa shape index (κ1) is 16.4. The number of amides is 1. The Morgan fingerprint density at radius 3 is 2.57 bits per heavy atom.